The molecule has 0 fully saturated rings. The summed E-state index contributed by atoms with van der Waals surface area (Å²) in [5.74, 6) is 1.78. The first kappa shape index (κ1) is 16.0. The maximum Gasteiger partial charge on any atom is 0.242 e. The quantitative estimate of drug-likeness (QED) is 0.798. The van der Waals surface area contributed by atoms with E-state index < -0.39 is 0 Å². The van der Waals surface area contributed by atoms with Crippen LogP contribution in [0.4, 0.5) is 11.6 Å². The van der Waals surface area contributed by atoms with Crippen molar-refractivity contribution in [2.24, 2.45) is 0 Å². The maximum atomic E-state index is 12.1. The standard InChI is InChI=1S/C13H23N5O2/c1-6-18(7-2)10(19)8-17(4)13-11(20-5)12(14-3)15-9-16-13/h9H,6-8H2,1-5H3,(H,14,15,16). The molecule has 0 spiro atoms. The second-order valence-corrected chi connectivity index (χ2v) is 4.25. The highest BCUT2D eigenvalue weighted by Crippen LogP contribution is 2.30. The summed E-state index contributed by atoms with van der Waals surface area (Å²) >= 11 is 0. The minimum Gasteiger partial charge on any atom is -0.490 e. The number of carbonyl (C=O) groups is 1. The third-order valence-electron chi connectivity index (χ3n) is 3.08. The monoisotopic (exact) mass is 281 g/mol. The molecule has 7 heteroatoms. The van der Waals surface area contributed by atoms with Gasteiger partial charge in [0.1, 0.15) is 6.33 Å². The number of likely N-dealkylation sites (N-methyl/N-ethyl adjacent to an activating group) is 2. The molecule has 0 aliphatic rings. The van der Waals surface area contributed by atoms with Crippen LogP contribution in [0.5, 0.6) is 5.75 Å². The molecule has 1 aromatic rings. The first-order valence-electron chi connectivity index (χ1n) is 6.64. The Kier molecular flexibility index (Phi) is 6.02. The van der Waals surface area contributed by atoms with Gasteiger partial charge in [-0.1, -0.05) is 0 Å². The topological polar surface area (TPSA) is 70.6 Å². The number of aromatic nitrogens is 2. The summed E-state index contributed by atoms with van der Waals surface area (Å²) in [6.07, 6.45) is 1.45. The van der Waals surface area contributed by atoms with Gasteiger partial charge in [0.05, 0.1) is 13.7 Å². The van der Waals surface area contributed by atoms with Crippen LogP contribution in [0.15, 0.2) is 6.33 Å². The van der Waals surface area contributed by atoms with Crippen LogP contribution in [-0.2, 0) is 4.79 Å². The number of nitrogens with one attached hydrogen (secondary N) is 1. The fourth-order valence-electron chi connectivity index (χ4n) is 1.96. The van der Waals surface area contributed by atoms with Gasteiger partial charge in [-0.05, 0) is 13.8 Å². The second kappa shape index (κ2) is 7.52. The fourth-order valence-corrected chi connectivity index (χ4v) is 1.96. The van der Waals surface area contributed by atoms with Crippen molar-refractivity contribution in [1.29, 1.82) is 0 Å². The van der Waals surface area contributed by atoms with E-state index in [1.165, 1.54) is 6.33 Å². The fraction of sp³-hybridized carbons (Fsp3) is 0.615. The van der Waals surface area contributed by atoms with E-state index in [2.05, 4.69) is 15.3 Å². The van der Waals surface area contributed by atoms with Crippen molar-refractivity contribution in [3.05, 3.63) is 6.33 Å². The molecule has 1 aromatic heterocycles. The summed E-state index contributed by atoms with van der Waals surface area (Å²) in [5.41, 5.74) is 0. The number of nitrogens with zero attached hydrogens (tertiary/aromatic N) is 4. The van der Waals surface area contributed by atoms with Crippen molar-refractivity contribution in [1.82, 2.24) is 14.9 Å². The van der Waals surface area contributed by atoms with E-state index in [1.54, 1.807) is 24.0 Å². The molecule has 0 aliphatic heterocycles. The Labute approximate surface area is 119 Å². The second-order valence-electron chi connectivity index (χ2n) is 4.25. The Bertz CT molecular complexity index is 448. The average molecular weight is 281 g/mol. The zero-order chi connectivity index (χ0) is 15.1. The van der Waals surface area contributed by atoms with E-state index in [4.69, 9.17) is 4.74 Å². The molecule has 7 nitrogen and oxygen atoms in total. The molecular weight excluding hydrogens is 258 g/mol. The summed E-state index contributed by atoms with van der Waals surface area (Å²) in [5, 5.41) is 2.94. The number of ether oxygens (including phenoxy) is 1. The maximum absolute atomic E-state index is 12.1. The van der Waals surface area contributed by atoms with E-state index >= 15 is 0 Å². The average Bonchev–Trinajstić information content (AvgIpc) is 2.47. The molecule has 112 valence electrons. The van der Waals surface area contributed by atoms with Crippen LogP contribution in [0.25, 0.3) is 0 Å². The zero-order valence-corrected chi connectivity index (χ0v) is 12.8. The van der Waals surface area contributed by atoms with Crippen LogP contribution in [0.3, 0.4) is 0 Å². The highest BCUT2D eigenvalue weighted by molar-refractivity contribution is 5.82. The van der Waals surface area contributed by atoms with Crippen LogP contribution in [0.1, 0.15) is 13.8 Å². The Balaban J connectivity index is 2.92. The third kappa shape index (κ3) is 3.49. The Morgan fingerprint density at radius 3 is 2.50 bits per heavy atom. The number of anilines is 2. The molecule has 0 aliphatic carbocycles. The summed E-state index contributed by atoms with van der Waals surface area (Å²) in [4.78, 5) is 24.0. The minimum absolute atomic E-state index is 0.0594. The van der Waals surface area contributed by atoms with E-state index in [0.717, 1.165) is 0 Å². The Morgan fingerprint density at radius 1 is 1.35 bits per heavy atom. The molecule has 1 N–H and O–H groups in total. The number of carbonyl (C=O) groups excluding carboxylic acids is 1. The highest BCUT2D eigenvalue weighted by Gasteiger charge is 2.19. The van der Waals surface area contributed by atoms with Gasteiger partial charge in [0.2, 0.25) is 11.7 Å². The van der Waals surface area contributed by atoms with Crippen LogP contribution < -0.4 is 15.0 Å². The van der Waals surface area contributed by atoms with Gasteiger partial charge < -0.3 is 19.9 Å². The van der Waals surface area contributed by atoms with Gasteiger partial charge >= 0.3 is 0 Å². The number of rotatable bonds is 7. The number of amides is 1. The van der Waals surface area contributed by atoms with Crippen molar-refractivity contribution in [2.45, 2.75) is 13.8 Å². The van der Waals surface area contributed by atoms with Crippen molar-refractivity contribution in [3.63, 3.8) is 0 Å². The van der Waals surface area contributed by atoms with Gasteiger partial charge in [-0.25, -0.2) is 9.97 Å². The molecule has 0 aromatic carbocycles. The van der Waals surface area contributed by atoms with Crippen molar-refractivity contribution >= 4 is 17.5 Å². The summed E-state index contributed by atoms with van der Waals surface area (Å²) in [6.45, 7) is 5.58. The number of hydrogen-bond donors (Lipinski definition) is 1. The van der Waals surface area contributed by atoms with Gasteiger partial charge in [-0.2, -0.15) is 0 Å². The third-order valence-corrected chi connectivity index (χ3v) is 3.08. The van der Waals surface area contributed by atoms with E-state index in [1.807, 2.05) is 20.9 Å². The molecular formula is C13H23N5O2. The van der Waals surface area contributed by atoms with Gasteiger partial charge in [0.15, 0.2) is 11.6 Å². The molecule has 1 heterocycles. The van der Waals surface area contributed by atoms with Crippen LogP contribution in [0, 0.1) is 0 Å². The van der Waals surface area contributed by atoms with E-state index in [9.17, 15) is 4.79 Å². The molecule has 20 heavy (non-hydrogen) atoms. The molecule has 1 amide bonds. The summed E-state index contributed by atoms with van der Waals surface area (Å²) in [6, 6.07) is 0. The lowest BCUT2D eigenvalue weighted by molar-refractivity contribution is -0.129. The largest absolute Gasteiger partial charge is 0.490 e. The van der Waals surface area contributed by atoms with E-state index in [0.29, 0.717) is 30.5 Å². The first-order valence-corrected chi connectivity index (χ1v) is 6.64. The van der Waals surface area contributed by atoms with E-state index in [-0.39, 0.29) is 12.5 Å². The SMILES string of the molecule is CCN(CC)C(=O)CN(C)c1ncnc(NC)c1OC. The van der Waals surface area contributed by atoms with Crippen molar-refractivity contribution < 1.29 is 9.53 Å². The van der Waals surface area contributed by atoms with Gasteiger partial charge in [-0.15, -0.1) is 0 Å². The van der Waals surface area contributed by atoms with Gasteiger partial charge in [0, 0.05) is 27.2 Å². The van der Waals surface area contributed by atoms with Gasteiger partial charge in [0.25, 0.3) is 0 Å². The molecule has 0 bridgehead atoms. The van der Waals surface area contributed by atoms with Crippen LogP contribution in [0.2, 0.25) is 0 Å². The first-order chi connectivity index (χ1) is 9.58. The predicted molar refractivity (Wildman–Crippen MR) is 79.3 cm³/mol. The summed E-state index contributed by atoms with van der Waals surface area (Å²) < 4.78 is 5.33. The smallest absolute Gasteiger partial charge is 0.242 e. The lowest BCUT2D eigenvalue weighted by Gasteiger charge is -2.25. The predicted octanol–water partition coefficient (Wildman–Crippen LogP) is 0.831. The number of hydrogen-bond acceptors (Lipinski definition) is 6. The molecule has 0 atom stereocenters. The lowest BCUT2D eigenvalue weighted by Crippen LogP contribution is -2.39. The zero-order valence-electron chi connectivity index (χ0n) is 12.8. The molecule has 0 radical (unpaired) electrons. The molecule has 0 saturated heterocycles. The number of methoxy groups -OCH3 is 1. The molecule has 1 rings (SSSR count). The minimum atomic E-state index is 0.0594. The van der Waals surface area contributed by atoms with Gasteiger partial charge in [-0.3, -0.25) is 4.79 Å². The van der Waals surface area contributed by atoms with Crippen LogP contribution >= 0.6 is 0 Å². The summed E-state index contributed by atoms with van der Waals surface area (Å²) in [7, 11) is 5.13. The van der Waals surface area contributed by atoms with Crippen LogP contribution in [-0.4, -0.2) is 61.6 Å². The Morgan fingerprint density at radius 2 is 2.00 bits per heavy atom. The lowest BCUT2D eigenvalue weighted by atomic mass is 10.4. The molecule has 0 unspecified atom stereocenters. The Hall–Kier alpha value is -2.05. The normalized spacial score (nSPS) is 10.1. The van der Waals surface area contributed by atoms with Crippen molar-refractivity contribution in [2.75, 3.05) is 51.1 Å². The highest BCUT2D eigenvalue weighted by atomic mass is 16.5. The van der Waals surface area contributed by atoms with Crippen molar-refractivity contribution in [3.8, 4) is 5.75 Å². The molecule has 0 saturated carbocycles.